The first-order chi connectivity index (χ1) is 14.0. The van der Waals surface area contributed by atoms with Gasteiger partial charge in [0.2, 0.25) is 5.91 Å². The Balaban J connectivity index is 1.74. The Morgan fingerprint density at radius 2 is 1.62 bits per heavy atom. The average Bonchev–Trinajstić information content (AvgIpc) is 2.76. The maximum absolute atomic E-state index is 11.8. The van der Waals surface area contributed by atoms with Crippen molar-refractivity contribution in [1.82, 2.24) is 10.7 Å². The minimum absolute atomic E-state index is 0.218. The number of benzene rings is 2. The Morgan fingerprint density at radius 3 is 2.24 bits per heavy atom. The van der Waals surface area contributed by atoms with E-state index in [9.17, 15) is 14.4 Å². The van der Waals surface area contributed by atoms with Crippen LogP contribution in [0.3, 0.4) is 0 Å². The summed E-state index contributed by atoms with van der Waals surface area (Å²) in [7, 11) is 2.88. The highest BCUT2D eigenvalue weighted by Crippen LogP contribution is 2.12. The third kappa shape index (κ3) is 7.30. The second-order valence-corrected chi connectivity index (χ2v) is 5.73. The SMILES string of the molecule is COC(=O)c1ccc(/C=N\NC(=O)CNC(=O)/C=C/c2ccc(OC)cc2)cc1. The number of carbonyl (C=O) groups excluding carboxylic acids is 3. The number of carbonyl (C=O) groups is 3. The van der Waals surface area contributed by atoms with Gasteiger partial charge in [-0.15, -0.1) is 0 Å². The zero-order valence-electron chi connectivity index (χ0n) is 16.0. The van der Waals surface area contributed by atoms with E-state index in [1.54, 1.807) is 49.6 Å². The Bertz CT molecular complexity index is 903. The highest BCUT2D eigenvalue weighted by Gasteiger charge is 2.04. The van der Waals surface area contributed by atoms with Gasteiger partial charge in [0.25, 0.3) is 5.91 Å². The summed E-state index contributed by atoms with van der Waals surface area (Å²) in [6.45, 7) is -0.218. The zero-order chi connectivity index (χ0) is 21.1. The molecule has 0 aliphatic rings. The summed E-state index contributed by atoms with van der Waals surface area (Å²) in [6, 6.07) is 13.7. The molecule has 2 aromatic carbocycles. The van der Waals surface area contributed by atoms with Gasteiger partial charge in [-0.1, -0.05) is 24.3 Å². The molecule has 2 amide bonds. The molecule has 2 aromatic rings. The van der Waals surface area contributed by atoms with Crippen LogP contribution in [0.4, 0.5) is 0 Å². The van der Waals surface area contributed by atoms with Crippen molar-refractivity contribution in [3.63, 3.8) is 0 Å². The number of hydrogen-bond acceptors (Lipinski definition) is 6. The maximum atomic E-state index is 11.8. The van der Waals surface area contributed by atoms with E-state index in [2.05, 4.69) is 20.6 Å². The summed E-state index contributed by atoms with van der Waals surface area (Å²) in [4.78, 5) is 34.8. The molecule has 2 N–H and O–H groups in total. The van der Waals surface area contributed by atoms with E-state index < -0.39 is 17.8 Å². The van der Waals surface area contributed by atoms with Crippen LogP contribution in [-0.2, 0) is 14.3 Å². The van der Waals surface area contributed by atoms with E-state index in [0.29, 0.717) is 11.1 Å². The first-order valence-corrected chi connectivity index (χ1v) is 8.62. The van der Waals surface area contributed by atoms with Crippen molar-refractivity contribution in [3.05, 3.63) is 71.3 Å². The third-order valence-corrected chi connectivity index (χ3v) is 3.70. The van der Waals surface area contributed by atoms with Crippen LogP contribution in [0.15, 0.2) is 59.7 Å². The van der Waals surface area contributed by atoms with Crippen molar-refractivity contribution in [3.8, 4) is 5.75 Å². The van der Waals surface area contributed by atoms with Crippen LogP contribution in [0.25, 0.3) is 6.08 Å². The topological polar surface area (TPSA) is 106 Å². The summed E-state index contributed by atoms with van der Waals surface area (Å²) >= 11 is 0. The van der Waals surface area contributed by atoms with Crippen molar-refractivity contribution >= 4 is 30.1 Å². The molecule has 8 heteroatoms. The molecule has 0 spiro atoms. The van der Waals surface area contributed by atoms with Crippen molar-refractivity contribution in [2.45, 2.75) is 0 Å². The fraction of sp³-hybridized carbons (Fsp3) is 0.143. The van der Waals surface area contributed by atoms with E-state index in [1.807, 2.05) is 12.1 Å². The number of rotatable bonds is 8. The molecule has 0 saturated carbocycles. The highest BCUT2D eigenvalue weighted by molar-refractivity contribution is 5.94. The summed E-state index contributed by atoms with van der Waals surface area (Å²) in [6.07, 6.45) is 4.38. The van der Waals surface area contributed by atoms with Gasteiger partial charge in [-0.25, -0.2) is 10.2 Å². The number of ether oxygens (including phenoxy) is 2. The molecule has 8 nitrogen and oxygen atoms in total. The fourth-order valence-electron chi connectivity index (χ4n) is 2.15. The van der Waals surface area contributed by atoms with E-state index in [0.717, 1.165) is 11.3 Å². The first kappa shape index (κ1) is 21.4. The highest BCUT2D eigenvalue weighted by atomic mass is 16.5. The van der Waals surface area contributed by atoms with Crippen LogP contribution < -0.4 is 15.5 Å². The Hall–Kier alpha value is -3.94. The van der Waals surface area contributed by atoms with E-state index in [-0.39, 0.29) is 6.54 Å². The normalized spacial score (nSPS) is 10.7. The predicted octanol–water partition coefficient (Wildman–Crippen LogP) is 1.76. The van der Waals surface area contributed by atoms with Crippen molar-refractivity contribution in [2.75, 3.05) is 20.8 Å². The Labute approximate surface area is 168 Å². The van der Waals surface area contributed by atoms with Gasteiger partial charge in [-0.3, -0.25) is 9.59 Å². The van der Waals surface area contributed by atoms with Gasteiger partial charge in [-0.2, -0.15) is 5.10 Å². The zero-order valence-corrected chi connectivity index (χ0v) is 16.0. The smallest absolute Gasteiger partial charge is 0.337 e. The number of hydrazone groups is 1. The summed E-state index contributed by atoms with van der Waals surface area (Å²) in [5, 5.41) is 6.26. The van der Waals surface area contributed by atoms with Gasteiger partial charge in [0.15, 0.2) is 0 Å². The molecule has 0 unspecified atom stereocenters. The van der Waals surface area contributed by atoms with Gasteiger partial charge >= 0.3 is 5.97 Å². The van der Waals surface area contributed by atoms with Crippen LogP contribution in [0.1, 0.15) is 21.5 Å². The van der Waals surface area contributed by atoms with Crippen LogP contribution in [0.2, 0.25) is 0 Å². The number of methoxy groups -OCH3 is 2. The lowest BCUT2D eigenvalue weighted by atomic mass is 10.1. The number of amides is 2. The molecule has 0 aliphatic carbocycles. The summed E-state index contributed by atoms with van der Waals surface area (Å²) < 4.78 is 9.67. The van der Waals surface area contributed by atoms with Crippen LogP contribution in [0.5, 0.6) is 5.75 Å². The maximum Gasteiger partial charge on any atom is 0.337 e. The summed E-state index contributed by atoms with van der Waals surface area (Å²) in [5.74, 6) is -0.584. The Kier molecular flexibility index (Phi) is 8.12. The minimum atomic E-state index is -0.473. The molecule has 0 fully saturated rings. The van der Waals surface area contributed by atoms with Crippen LogP contribution >= 0.6 is 0 Å². The van der Waals surface area contributed by atoms with E-state index in [1.165, 1.54) is 19.4 Å². The van der Waals surface area contributed by atoms with Gasteiger partial charge in [-0.05, 0) is 41.5 Å². The van der Waals surface area contributed by atoms with Crippen LogP contribution in [-0.4, -0.2) is 44.8 Å². The molecular formula is C21H21N3O5. The van der Waals surface area contributed by atoms with Gasteiger partial charge in [0.1, 0.15) is 5.75 Å². The number of esters is 1. The van der Waals surface area contributed by atoms with Gasteiger partial charge < -0.3 is 14.8 Å². The lowest BCUT2D eigenvalue weighted by molar-refractivity contribution is -0.123. The van der Waals surface area contributed by atoms with Crippen molar-refractivity contribution in [1.29, 1.82) is 0 Å². The van der Waals surface area contributed by atoms with Crippen LogP contribution in [0, 0.1) is 0 Å². The van der Waals surface area contributed by atoms with Gasteiger partial charge in [0, 0.05) is 6.08 Å². The number of nitrogens with one attached hydrogen (secondary N) is 2. The third-order valence-electron chi connectivity index (χ3n) is 3.70. The monoisotopic (exact) mass is 395 g/mol. The lowest BCUT2D eigenvalue weighted by Crippen LogP contribution is -2.34. The number of nitrogens with zero attached hydrogens (tertiary/aromatic N) is 1. The molecule has 0 aromatic heterocycles. The molecule has 0 atom stereocenters. The molecule has 0 bridgehead atoms. The molecule has 29 heavy (non-hydrogen) atoms. The predicted molar refractivity (Wildman–Crippen MR) is 109 cm³/mol. The van der Waals surface area contributed by atoms with E-state index >= 15 is 0 Å². The molecule has 0 aliphatic heterocycles. The fourth-order valence-corrected chi connectivity index (χ4v) is 2.15. The second kappa shape index (κ2) is 11.0. The van der Waals surface area contributed by atoms with Gasteiger partial charge in [0.05, 0.1) is 32.5 Å². The van der Waals surface area contributed by atoms with E-state index in [4.69, 9.17) is 4.74 Å². The molecule has 0 heterocycles. The minimum Gasteiger partial charge on any atom is -0.497 e. The average molecular weight is 395 g/mol. The molecule has 0 radical (unpaired) electrons. The quantitative estimate of drug-likeness (QED) is 0.307. The Morgan fingerprint density at radius 1 is 0.966 bits per heavy atom. The summed E-state index contributed by atoms with van der Waals surface area (Å²) in [5.41, 5.74) is 4.24. The standard InChI is InChI=1S/C21H21N3O5/c1-28-18-10-5-15(6-11-18)7-12-19(25)22-14-20(26)24-23-13-16-3-8-17(9-4-16)21(27)29-2/h3-13H,14H2,1-2H3,(H,22,25)(H,24,26)/b12-7+,23-13-. The number of hydrogen-bond donors (Lipinski definition) is 2. The lowest BCUT2D eigenvalue weighted by Gasteiger charge is -2.02. The molecule has 0 saturated heterocycles. The molecule has 150 valence electrons. The largest absolute Gasteiger partial charge is 0.497 e. The first-order valence-electron chi connectivity index (χ1n) is 8.62. The second-order valence-electron chi connectivity index (χ2n) is 5.73. The van der Waals surface area contributed by atoms with Crippen molar-refractivity contribution in [2.24, 2.45) is 5.10 Å². The van der Waals surface area contributed by atoms with Crippen molar-refractivity contribution < 1.29 is 23.9 Å². The molecule has 2 rings (SSSR count). The molecular weight excluding hydrogens is 374 g/mol.